The van der Waals surface area contributed by atoms with E-state index >= 15 is 0 Å². The molecule has 1 heteroatoms. The number of allylic oxidation sites excluding steroid dienone is 4. The predicted octanol–water partition coefficient (Wildman–Crippen LogP) is 5.15. The highest BCUT2D eigenvalue weighted by Gasteiger charge is 1.93. The molecule has 0 fully saturated rings. The number of hydrogen-bond acceptors (Lipinski definition) is 1. The maximum Gasteiger partial charge on any atom is 0.0922 e. The molecule has 0 saturated heterocycles. The number of aliphatic hydroxyl groups is 1. The fourth-order valence-electron chi connectivity index (χ4n) is 1.55. The van der Waals surface area contributed by atoms with Crippen LogP contribution in [0.15, 0.2) is 24.0 Å². The van der Waals surface area contributed by atoms with E-state index in [9.17, 15) is 5.11 Å². The third-order valence-corrected chi connectivity index (χ3v) is 2.52. The Morgan fingerprint density at radius 3 is 2.20 bits per heavy atom. The van der Waals surface area contributed by atoms with Crippen LogP contribution in [0.2, 0.25) is 0 Å². The monoisotopic (exact) mass is 210 g/mol. The van der Waals surface area contributed by atoms with Gasteiger partial charge >= 0.3 is 0 Å². The summed E-state index contributed by atoms with van der Waals surface area (Å²) >= 11 is 0. The van der Waals surface area contributed by atoms with Crippen LogP contribution in [0.5, 0.6) is 0 Å². The van der Waals surface area contributed by atoms with Gasteiger partial charge in [-0.2, -0.15) is 0 Å². The van der Waals surface area contributed by atoms with Gasteiger partial charge in [0.15, 0.2) is 0 Å². The maximum atomic E-state index is 9.43. The lowest BCUT2D eigenvalue weighted by atomic mass is 10.1. The Bertz CT molecular complexity index is 180. The number of aliphatic hydroxyl groups excluding tert-OH is 1. The molecule has 15 heavy (non-hydrogen) atoms. The van der Waals surface area contributed by atoms with Crippen molar-refractivity contribution < 1.29 is 5.11 Å². The van der Waals surface area contributed by atoms with Gasteiger partial charge in [0.2, 0.25) is 0 Å². The van der Waals surface area contributed by atoms with Gasteiger partial charge in [-0.3, -0.25) is 0 Å². The minimum absolute atomic E-state index is 0.515. The van der Waals surface area contributed by atoms with Crippen LogP contribution in [-0.2, 0) is 0 Å². The standard InChI is InChI=1S/C14H26O/c1-3-5-7-8-9-10-11-13-14(15)12-6-4-2/h4,6,12,15H,3,5,7-11,13H2,1-2H3. The molecular formula is C14H26O. The zero-order valence-corrected chi connectivity index (χ0v) is 10.3. The molecule has 0 aromatic heterocycles. The van der Waals surface area contributed by atoms with Gasteiger partial charge in [-0.25, -0.2) is 0 Å². The van der Waals surface area contributed by atoms with Gasteiger partial charge in [0.1, 0.15) is 0 Å². The summed E-state index contributed by atoms with van der Waals surface area (Å²) in [4.78, 5) is 0. The topological polar surface area (TPSA) is 20.2 Å². The molecule has 0 heterocycles. The van der Waals surface area contributed by atoms with Crippen LogP contribution in [0, 0.1) is 0 Å². The smallest absolute Gasteiger partial charge is 0.0922 e. The molecule has 0 aromatic carbocycles. The molecule has 0 unspecified atom stereocenters. The third-order valence-electron chi connectivity index (χ3n) is 2.52. The average molecular weight is 210 g/mol. The summed E-state index contributed by atoms with van der Waals surface area (Å²) in [6.45, 7) is 4.20. The van der Waals surface area contributed by atoms with E-state index < -0.39 is 0 Å². The fourth-order valence-corrected chi connectivity index (χ4v) is 1.55. The lowest BCUT2D eigenvalue weighted by molar-refractivity contribution is 0.380. The second kappa shape index (κ2) is 11.4. The van der Waals surface area contributed by atoms with E-state index in [1.54, 1.807) is 6.08 Å². The van der Waals surface area contributed by atoms with Gasteiger partial charge in [0.05, 0.1) is 5.76 Å². The molecule has 0 aliphatic carbocycles. The summed E-state index contributed by atoms with van der Waals surface area (Å²) in [7, 11) is 0. The van der Waals surface area contributed by atoms with Crippen molar-refractivity contribution in [3.63, 3.8) is 0 Å². The van der Waals surface area contributed by atoms with Gasteiger partial charge in [0.25, 0.3) is 0 Å². The second-order valence-corrected chi connectivity index (χ2v) is 4.06. The SMILES string of the molecule is CC=CC=C(O)CCCCCCCCC. The van der Waals surface area contributed by atoms with E-state index in [-0.39, 0.29) is 0 Å². The predicted molar refractivity (Wildman–Crippen MR) is 68.1 cm³/mol. The molecule has 88 valence electrons. The van der Waals surface area contributed by atoms with Gasteiger partial charge < -0.3 is 5.11 Å². The summed E-state index contributed by atoms with van der Waals surface area (Å²) in [5.41, 5.74) is 0. The molecule has 0 bridgehead atoms. The van der Waals surface area contributed by atoms with E-state index in [2.05, 4.69) is 6.92 Å². The van der Waals surface area contributed by atoms with Crippen molar-refractivity contribution in [2.45, 2.75) is 65.2 Å². The summed E-state index contributed by atoms with van der Waals surface area (Å²) in [6, 6.07) is 0. The number of rotatable bonds is 9. The molecule has 0 amide bonds. The summed E-state index contributed by atoms with van der Waals surface area (Å²) in [6.07, 6.45) is 15.5. The van der Waals surface area contributed by atoms with E-state index in [0.29, 0.717) is 5.76 Å². The zero-order chi connectivity index (χ0) is 11.4. The Hall–Kier alpha value is -0.720. The second-order valence-electron chi connectivity index (χ2n) is 4.06. The van der Waals surface area contributed by atoms with Crippen LogP contribution in [0.25, 0.3) is 0 Å². The number of unbranched alkanes of at least 4 members (excludes halogenated alkanes) is 6. The molecule has 0 aliphatic heterocycles. The lowest BCUT2D eigenvalue weighted by Gasteiger charge is -2.00. The molecule has 1 N–H and O–H groups in total. The van der Waals surface area contributed by atoms with Gasteiger partial charge in [0, 0.05) is 6.42 Å². The highest BCUT2D eigenvalue weighted by atomic mass is 16.3. The molecule has 1 nitrogen and oxygen atoms in total. The molecular weight excluding hydrogens is 184 g/mol. The van der Waals surface area contributed by atoms with Crippen LogP contribution in [0.1, 0.15) is 65.2 Å². The highest BCUT2D eigenvalue weighted by molar-refractivity contribution is 5.05. The largest absolute Gasteiger partial charge is 0.512 e. The molecule has 0 rings (SSSR count). The van der Waals surface area contributed by atoms with Gasteiger partial charge in [-0.15, -0.1) is 0 Å². The minimum Gasteiger partial charge on any atom is -0.512 e. The first kappa shape index (κ1) is 14.3. The van der Waals surface area contributed by atoms with Crippen LogP contribution in [0.4, 0.5) is 0 Å². The molecule has 0 aliphatic rings. The molecule has 0 radical (unpaired) electrons. The summed E-state index contributed by atoms with van der Waals surface area (Å²) in [5, 5.41) is 9.43. The van der Waals surface area contributed by atoms with Crippen LogP contribution in [0.3, 0.4) is 0 Å². The zero-order valence-electron chi connectivity index (χ0n) is 10.3. The van der Waals surface area contributed by atoms with Crippen LogP contribution < -0.4 is 0 Å². The highest BCUT2D eigenvalue weighted by Crippen LogP contribution is 2.10. The fraction of sp³-hybridized carbons (Fsp3) is 0.714. The lowest BCUT2D eigenvalue weighted by Crippen LogP contribution is -1.83. The van der Waals surface area contributed by atoms with E-state index in [0.717, 1.165) is 12.8 Å². The molecule has 0 aromatic rings. The van der Waals surface area contributed by atoms with E-state index in [4.69, 9.17) is 0 Å². The van der Waals surface area contributed by atoms with Crippen molar-refractivity contribution in [3.8, 4) is 0 Å². The quantitative estimate of drug-likeness (QED) is 0.317. The van der Waals surface area contributed by atoms with E-state index in [1.165, 1.54) is 38.5 Å². The molecule has 0 atom stereocenters. The Labute approximate surface area is 94.9 Å². The Balaban J connectivity index is 3.23. The summed E-state index contributed by atoms with van der Waals surface area (Å²) < 4.78 is 0. The average Bonchev–Trinajstić information content (AvgIpc) is 2.25. The molecule has 0 spiro atoms. The van der Waals surface area contributed by atoms with Crippen molar-refractivity contribution in [2.75, 3.05) is 0 Å². The van der Waals surface area contributed by atoms with Crippen molar-refractivity contribution in [2.24, 2.45) is 0 Å². The minimum atomic E-state index is 0.515. The first-order chi connectivity index (χ1) is 7.31. The number of hydrogen-bond donors (Lipinski definition) is 1. The maximum absolute atomic E-state index is 9.43. The van der Waals surface area contributed by atoms with E-state index in [1.807, 2.05) is 19.1 Å². The van der Waals surface area contributed by atoms with Crippen LogP contribution >= 0.6 is 0 Å². The first-order valence-corrected chi connectivity index (χ1v) is 6.32. The Morgan fingerprint density at radius 1 is 1.00 bits per heavy atom. The van der Waals surface area contributed by atoms with Crippen molar-refractivity contribution in [3.05, 3.63) is 24.0 Å². The normalized spacial score (nSPS) is 12.5. The van der Waals surface area contributed by atoms with Crippen molar-refractivity contribution in [1.82, 2.24) is 0 Å². The molecule has 0 saturated carbocycles. The Morgan fingerprint density at radius 2 is 1.60 bits per heavy atom. The van der Waals surface area contributed by atoms with Crippen LogP contribution in [-0.4, -0.2) is 5.11 Å². The first-order valence-electron chi connectivity index (χ1n) is 6.32. The van der Waals surface area contributed by atoms with Crippen molar-refractivity contribution >= 4 is 0 Å². The third kappa shape index (κ3) is 11.2. The van der Waals surface area contributed by atoms with Crippen molar-refractivity contribution in [1.29, 1.82) is 0 Å². The van der Waals surface area contributed by atoms with Gasteiger partial charge in [-0.1, -0.05) is 57.6 Å². The summed E-state index contributed by atoms with van der Waals surface area (Å²) in [5.74, 6) is 0.515. The van der Waals surface area contributed by atoms with Gasteiger partial charge in [-0.05, 0) is 19.4 Å². The Kier molecular flexibility index (Phi) is 10.8.